The summed E-state index contributed by atoms with van der Waals surface area (Å²) in [6.45, 7) is 3.93. The minimum atomic E-state index is -0.0630. The van der Waals surface area contributed by atoms with Crippen LogP contribution in [0.25, 0.3) is 21.6 Å². The monoisotopic (exact) mass is 448 g/mol. The number of fused-ring (bicyclic) bond motifs is 3. The van der Waals surface area contributed by atoms with Crippen molar-refractivity contribution in [1.82, 2.24) is 9.97 Å². The summed E-state index contributed by atoms with van der Waals surface area (Å²) in [4.78, 5) is 22.7. The van der Waals surface area contributed by atoms with E-state index in [0.29, 0.717) is 17.3 Å². The van der Waals surface area contributed by atoms with E-state index in [1.165, 1.54) is 16.9 Å². The molecule has 3 aromatic rings. The zero-order valence-electron chi connectivity index (χ0n) is 15.5. The number of benzene rings is 1. The highest BCUT2D eigenvalue weighted by Gasteiger charge is 2.21. The Hall–Kier alpha value is -1.86. The first kappa shape index (κ1) is 18.5. The van der Waals surface area contributed by atoms with Crippen molar-refractivity contribution in [2.24, 2.45) is 0 Å². The number of thiophene rings is 1. The second-order valence-electron chi connectivity index (χ2n) is 6.96. The first-order chi connectivity index (χ1) is 13.0. The van der Waals surface area contributed by atoms with Crippen molar-refractivity contribution >= 4 is 37.5 Å². The van der Waals surface area contributed by atoms with Crippen LogP contribution in [0.3, 0.4) is 0 Å². The normalized spacial score (nSPS) is 13.8. The molecule has 0 radical (unpaired) electrons. The third-order valence-corrected chi connectivity index (χ3v) is 6.46. The molecule has 0 saturated heterocycles. The largest absolute Gasteiger partial charge is 0.493 e. The summed E-state index contributed by atoms with van der Waals surface area (Å²) >= 11 is 5.21. The SMILES string of the molecule is COc1cc(-c2nc3sc4c(c3c(=O)[nH]2)CCCC4)cc(Br)c1OC(C)C. The molecule has 0 amide bonds. The molecule has 27 heavy (non-hydrogen) atoms. The standard InChI is InChI=1S/C20H21BrN2O3S/c1-10(2)26-17-13(21)8-11(9-14(17)25-3)18-22-19(24)16-12-6-4-5-7-15(12)27-20(16)23-18/h8-10H,4-7H2,1-3H3,(H,22,23,24). The highest BCUT2D eigenvalue weighted by molar-refractivity contribution is 9.10. The number of aryl methyl sites for hydroxylation is 2. The number of halogens is 1. The van der Waals surface area contributed by atoms with Crippen molar-refractivity contribution in [2.75, 3.05) is 7.11 Å². The number of nitrogens with one attached hydrogen (secondary N) is 1. The molecule has 142 valence electrons. The van der Waals surface area contributed by atoms with Crippen LogP contribution in [-0.2, 0) is 12.8 Å². The Morgan fingerprint density at radius 3 is 2.78 bits per heavy atom. The summed E-state index contributed by atoms with van der Waals surface area (Å²) < 4.78 is 12.1. The molecule has 2 heterocycles. The zero-order chi connectivity index (χ0) is 19.1. The number of hydrogen-bond acceptors (Lipinski definition) is 5. The molecule has 0 bridgehead atoms. The van der Waals surface area contributed by atoms with Crippen LogP contribution in [0, 0.1) is 0 Å². The summed E-state index contributed by atoms with van der Waals surface area (Å²) in [7, 11) is 1.60. The highest BCUT2D eigenvalue weighted by Crippen LogP contribution is 2.40. The number of aromatic nitrogens is 2. The Balaban J connectivity index is 1.85. The van der Waals surface area contributed by atoms with E-state index in [4.69, 9.17) is 14.5 Å². The summed E-state index contributed by atoms with van der Waals surface area (Å²) in [5, 5.41) is 0.768. The summed E-state index contributed by atoms with van der Waals surface area (Å²) in [5.41, 5.74) is 1.91. The van der Waals surface area contributed by atoms with E-state index in [2.05, 4.69) is 20.9 Å². The third-order valence-electron chi connectivity index (χ3n) is 4.68. The smallest absolute Gasteiger partial charge is 0.260 e. The van der Waals surface area contributed by atoms with Gasteiger partial charge in [0.15, 0.2) is 11.5 Å². The number of aromatic amines is 1. The number of ether oxygens (including phenoxy) is 2. The average molecular weight is 449 g/mol. The van der Waals surface area contributed by atoms with Crippen LogP contribution >= 0.6 is 27.3 Å². The van der Waals surface area contributed by atoms with Crippen molar-refractivity contribution < 1.29 is 9.47 Å². The Labute approximate surface area is 169 Å². The Kier molecular flexibility index (Phi) is 4.99. The van der Waals surface area contributed by atoms with Crippen molar-refractivity contribution in [3.05, 3.63) is 37.4 Å². The molecule has 1 aliphatic rings. The fourth-order valence-corrected chi connectivity index (χ4v) is 5.30. The van der Waals surface area contributed by atoms with Gasteiger partial charge < -0.3 is 14.5 Å². The van der Waals surface area contributed by atoms with Crippen LogP contribution in [0.1, 0.15) is 37.1 Å². The topological polar surface area (TPSA) is 64.2 Å². The first-order valence-corrected chi connectivity index (χ1v) is 10.7. The molecule has 7 heteroatoms. The lowest BCUT2D eigenvalue weighted by Crippen LogP contribution is -2.11. The second kappa shape index (κ2) is 7.28. The number of rotatable bonds is 4. The highest BCUT2D eigenvalue weighted by atomic mass is 79.9. The number of H-pyrrole nitrogens is 1. The molecular formula is C20H21BrN2O3S. The van der Waals surface area contributed by atoms with Crippen molar-refractivity contribution in [1.29, 1.82) is 0 Å². The van der Waals surface area contributed by atoms with Crippen LogP contribution in [0.15, 0.2) is 21.4 Å². The number of nitrogens with zero attached hydrogens (tertiary/aromatic N) is 1. The summed E-state index contributed by atoms with van der Waals surface area (Å²) in [5.74, 6) is 1.79. The molecule has 0 aliphatic heterocycles. The lowest BCUT2D eigenvalue weighted by molar-refractivity contribution is 0.228. The van der Waals surface area contributed by atoms with E-state index < -0.39 is 0 Å². The Morgan fingerprint density at radius 2 is 2.04 bits per heavy atom. The van der Waals surface area contributed by atoms with Gasteiger partial charge in [-0.25, -0.2) is 4.98 Å². The average Bonchev–Trinajstić information content (AvgIpc) is 3.01. The molecular weight excluding hydrogens is 428 g/mol. The van der Waals surface area contributed by atoms with E-state index in [9.17, 15) is 4.79 Å². The number of methoxy groups -OCH3 is 1. The van der Waals surface area contributed by atoms with Gasteiger partial charge in [-0.05, 0) is 73.2 Å². The molecule has 0 saturated carbocycles. The molecule has 0 unspecified atom stereocenters. The summed E-state index contributed by atoms with van der Waals surface area (Å²) in [6, 6.07) is 3.75. The molecule has 1 aliphatic carbocycles. The van der Waals surface area contributed by atoms with E-state index in [1.54, 1.807) is 18.4 Å². The van der Waals surface area contributed by atoms with E-state index in [-0.39, 0.29) is 11.7 Å². The van der Waals surface area contributed by atoms with Gasteiger partial charge in [-0.2, -0.15) is 0 Å². The van der Waals surface area contributed by atoms with Crippen LogP contribution in [-0.4, -0.2) is 23.2 Å². The van der Waals surface area contributed by atoms with Crippen LogP contribution in [0.5, 0.6) is 11.5 Å². The molecule has 0 fully saturated rings. The van der Waals surface area contributed by atoms with Crippen LogP contribution in [0.4, 0.5) is 0 Å². The molecule has 1 N–H and O–H groups in total. The molecule has 5 nitrogen and oxygen atoms in total. The van der Waals surface area contributed by atoms with E-state index in [0.717, 1.165) is 39.5 Å². The molecule has 0 atom stereocenters. The van der Waals surface area contributed by atoms with Gasteiger partial charge in [0.2, 0.25) is 0 Å². The Morgan fingerprint density at radius 1 is 1.26 bits per heavy atom. The minimum absolute atomic E-state index is 0.0211. The van der Waals surface area contributed by atoms with Crippen molar-refractivity contribution in [2.45, 2.75) is 45.6 Å². The predicted molar refractivity (Wildman–Crippen MR) is 112 cm³/mol. The minimum Gasteiger partial charge on any atom is -0.493 e. The maximum atomic E-state index is 12.8. The van der Waals surface area contributed by atoms with Gasteiger partial charge in [0.1, 0.15) is 10.7 Å². The fraction of sp³-hybridized carbons (Fsp3) is 0.400. The van der Waals surface area contributed by atoms with Gasteiger partial charge in [-0.15, -0.1) is 11.3 Å². The van der Waals surface area contributed by atoms with Crippen molar-refractivity contribution in [3.63, 3.8) is 0 Å². The summed E-state index contributed by atoms with van der Waals surface area (Å²) in [6.07, 6.45) is 4.37. The van der Waals surface area contributed by atoms with Gasteiger partial charge in [0.05, 0.1) is 23.1 Å². The maximum absolute atomic E-state index is 12.8. The van der Waals surface area contributed by atoms with Crippen LogP contribution < -0.4 is 15.0 Å². The molecule has 0 spiro atoms. The zero-order valence-corrected chi connectivity index (χ0v) is 17.9. The van der Waals surface area contributed by atoms with Crippen molar-refractivity contribution in [3.8, 4) is 22.9 Å². The first-order valence-electron chi connectivity index (χ1n) is 9.07. The lowest BCUT2D eigenvalue weighted by Gasteiger charge is -2.16. The molecule has 4 rings (SSSR count). The maximum Gasteiger partial charge on any atom is 0.260 e. The van der Waals surface area contributed by atoms with Gasteiger partial charge in [0, 0.05) is 10.4 Å². The number of hydrogen-bond donors (Lipinski definition) is 1. The molecule has 2 aromatic heterocycles. The van der Waals surface area contributed by atoms with Crippen LogP contribution in [0.2, 0.25) is 0 Å². The lowest BCUT2D eigenvalue weighted by atomic mass is 9.97. The van der Waals surface area contributed by atoms with E-state index in [1.807, 2.05) is 26.0 Å². The molecule has 1 aromatic carbocycles. The Bertz CT molecular complexity index is 1070. The second-order valence-corrected chi connectivity index (χ2v) is 8.90. The third kappa shape index (κ3) is 3.38. The fourth-order valence-electron chi connectivity index (χ4n) is 3.51. The quantitative estimate of drug-likeness (QED) is 0.603. The van der Waals surface area contributed by atoms with Gasteiger partial charge in [0.25, 0.3) is 5.56 Å². The predicted octanol–water partition coefficient (Wildman–Crippen LogP) is 5.09. The van der Waals surface area contributed by atoms with E-state index >= 15 is 0 Å². The van der Waals surface area contributed by atoms with Gasteiger partial charge in [-0.1, -0.05) is 0 Å². The van der Waals surface area contributed by atoms with Gasteiger partial charge in [-0.3, -0.25) is 4.79 Å². The van der Waals surface area contributed by atoms with Gasteiger partial charge >= 0.3 is 0 Å².